The van der Waals surface area contributed by atoms with Gasteiger partial charge in [0.25, 0.3) is 0 Å². The highest BCUT2D eigenvalue weighted by Gasteiger charge is 2.54. The lowest BCUT2D eigenvalue weighted by atomic mass is 9.61. The number of nitrogens with one attached hydrogen (secondary N) is 1. The first kappa shape index (κ1) is 15.9. The van der Waals surface area contributed by atoms with Crippen molar-refractivity contribution in [3.05, 3.63) is 48.1 Å². The van der Waals surface area contributed by atoms with Gasteiger partial charge < -0.3 is 15.2 Å². The van der Waals surface area contributed by atoms with Crippen LogP contribution in [0, 0.1) is 11.6 Å². The smallest absolute Gasteiger partial charge is 0.407 e. The normalized spacial score (nSPS) is 23.3. The zero-order valence-electron chi connectivity index (χ0n) is 11.6. The van der Waals surface area contributed by atoms with Crippen molar-refractivity contribution in [3.8, 4) is 0 Å². The molecule has 2 rings (SSSR count). The molecule has 118 valence electrons. The van der Waals surface area contributed by atoms with Crippen LogP contribution in [0.4, 0.5) is 13.6 Å². The highest BCUT2D eigenvalue weighted by Crippen LogP contribution is 2.45. The molecule has 0 atom stereocenters. The van der Waals surface area contributed by atoms with Gasteiger partial charge in [-0.3, -0.25) is 4.79 Å². The van der Waals surface area contributed by atoms with Crippen molar-refractivity contribution in [1.29, 1.82) is 0 Å². The minimum atomic E-state index is -1.54. The van der Waals surface area contributed by atoms with E-state index in [2.05, 4.69) is 11.9 Å². The Morgan fingerprint density at radius 3 is 2.73 bits per heavy atom. The molecule has 22 heavy (non-hydrogen) atoms. The average Bonchev–Trinajstić information content (AvgIpc) is 2.43. The summed E-state index contributed by atoms with van der Waals surface area (Å²) in [6.45, 7) is 3.42. The molecule has 0 aromatic heterocycles. The van der Waals surface area contributed by atoms with E-state index in [9.17, 15) is 23.5 Å². The molecule has 0 spiro atoms. The van der Waals surface area contributed by atoms with Crippen molar-refractivity contribution < 1.29 is 28.2 Å². The molecule has 1 aliphatic carbocycles. The maximum absolute atomic E-state index is 13.9. The van der Waals surface area contributed by atoms with Crippen LogP contribution < -0.4 is 5.32 Å². The van der Waals surface area contributed by atoms with Gasteiger partial charge in [0.1, 0.15) is 6.61 Å². The van der Waals surface area contributed by atoms with Gasteiger partial charge >= 0.3 is 12.1 Å². The fourth-order valence-electron chi connectivity index (χ4n) is 2.61. The van der Waals surface area contributed by atoms with Crippen LogP contribution in [0.5, 0.6) is 0 Å². The largest absolute Gasteiger partial charge is 0.481 e. The molecule has 0 radical (unpaired) electrons. The van der Waals surface area contributed by atoms with Crippen LogP contribution in [0.3, 0.4) is 0 Å². The molecule has 1 saturated carbocycles. The molecular weight excluding hydrogens is 296 g/mol. The molecule has 1 aromatic carbocycles. The van der Waals surface area contributed by atoms with E-state index in [-0.39, 0.29) is 25.0 Å². The predicted molar refractivity (Wildman–Crippen MR) is 73.4 cm³/mol. The fraction of sp³-hybridized carbons (Fsp3) is 0.333. The number of rotatable bonds is 5. The van der Waals surface area contributed by atoms with Crippen LogP contribution in [0.1, 0.15) is 18.4 Å². The summed E-state index contributed by atoms with van der Waals surface area (Å²) < 4.78 is 31.9. The number of benzene rings is 1. The van der Waals surface area contributed by atoms with Gasteiger partial charge in [0.2, 0.25) is 0 Å². The Morgan fingerprint density at radius 2 is 2.14 bits per heavy atom. The van der Waals surface area contributed by atoms with E-state index < -0.39 is 35.2 Å². The van der Waals surface area contributed by atoms with Gasteiger partial charge in [0.05, 0.1) is 5.41 Å². The monoisotopic (exact) mass is 311 g/mol. The van der Waals surface area contributed by atoms with Crippen LogP contribution in [-0.2, 0) is 14.9 Å². The molecule has 5 nitrogen and oxygen atoms in total. The Morgan fingerprint density at radius 1 is 1.45 bits per heavy atom. The minimum Gasteiger partial charge on any atom is -0.481 e. The first-order valence-corrected chi connectivity index (χ1v) is 6.63. The van der Waals surface area contributed by atoms with Crippen molar-refractivity contribution >= 4 is 12.1 Å². The molecule has 0 aliphatic heterocycles. The second-order valence-corrected chi connectivity index (χ2v) is 5.13. The summed E-state index contributed by atoms with van der Waals surface area (Å²) in [5, 5.41) is 11.9. The van der Waals surface area contributed by atoms with Gasteiger partial charge in [-0.15, -0.1) is 0 Å². The number of hydrogen-bond donors (Lipinski definition) is 2. The van der Waals surface area contributed by atoms with Crippen LogP contribution in [-0.4, -0.2) is 29.8 Å². The number of carbonyl (C=O) groups is 2. The molecule has 1 amide bonds. The Labute approximate surface area is 125 Å². The molecule has 7 heteroatoms. The summed E-state index contributed by atoms with van der Waals surface area (Å²) in [6, 6.07) is 2.96. The van der Waals surface area contributed by atoms with E-state index in [4.69, 9.17) is 4.74 Å². The zero-order chi connectivity index (χ0) is 16.3. The summed E-state index contributed by atoms with van der Waals surface area (Å²) in [5.41, 5.74) is -1.75. The fourth-order valence-corrected chi connectivity index (χ4v) is 2.61. The Kier molecular flexibility index (Phi) is 4.44. The molecule has 0 unspecified atom stereocenters. The molecule has 1 aromatic rings. The summed E-state index contributed by atoms with van der Waals surface area (Å²) >= 11 is 0. The van der Waals surface area contributed by atoms with Gasteiger partial charge in [-0.25, -0.2) is 13.6 Å². The number of ether oxygens (including phenoxy) is 1. The molecule has 0 heterocycles. The SMILES string of the molecule is C=CCOC(=O)NC1CC(C(=O)O)(c2cccc(F)c2F)C1. The van der Waals surface area contributed by atoms with Gasteiger partial charge in [-0.05, 0) is 18.9 Å². The van der Waals surface area contributed by atoms with E-state index >= 15 is 0 Å². The van der Waals surface area contributed by atoms with Crippen LogP contribution in [0.15, 0.2) is 30.9 Å². The average molecular weight is 311 g/mol. The van der Waals surface area contributed by atoms with E-state index in [1.54, 1.807) is 0 Å². The summed E-state index contributed by atoms with van der Waals surface area (Å²) in [6.07, 6.45) is 0.616. The van der Waals surface area contributed by atoms with Crippen molar-refractivity contribution in [1.82, 2.24) is 5.32 Å². The standard InChI is InChI=1S/C15H15F2NO4/c1-2-6-22-14(21)18-9-7-15(8-9,13(19)20)10-4-3-5-11(16)12(10)17/h2-5,9H,1,6-8H2,(H,18,21)(H,19,20). The van der Waals surface area contributed by atoms with Gasteiger partial charge in [-0.1, -0.05) is 24.8 Å². The summed E-state index contributed by atoms with van der Waals surface area (Å²) in [4.78, 5) is 22.9. The van der Waals surface area contributed by atoms with Crippen LogP contribution in [0.2, 0.25) is 0 Å². The second kappa shape index (κ2) is 6.13. The maximum atomic E-state index is 13.9. The Hall–Kier alpha value is -2.44. The van der Waals surface area contributed by atoms with Crippen LogP contribution in [0.25, 0.3) is 0 Å². The van der Waals surface area contributed by atoms with Gasteiger partial charge in [-0.2, -0.15) is 0 Å². The number of carbonyl (C=O) groups excluding carboxylic acids is 1. The quantitative estimate of drug-likeness (QED) is 0.819. The van der Waals surface area contributed by atoms with Crippen LogP contribution >= 0.6 is 0 Å². The second-order valence-electron chi connectivity index (χ2n) is 5.13. The van der Waals surface area contributed by atoms with Crippen molar-refractivity contribution in [2.24, 2.45) is 0 Å². The first-order valence-electron chi connectivity index (χ1n) is 6.63. The molecule has 1 fully saturated rings. The highest BCUT2D eigenvalue weighted by atomic mass is 19.2. The highest BCUT2D eigenvalue weighted by molar-refractivity contribution is 5.83. The molecule has 1 aliphatic rings. The number of alkyl carbamates (subject to hydrolysis) is 1. The lowest BCUT2D eigenvalue weighted by Gasteiger charge is -2.44. The Bertz CT molecular complexity index is 612. The first-order chi connectivity index (χ1) is 10.4. The van der Waals surface area contributed by atoms with E-state index in [0.29, 0.717) is 0 Å². The maximum Gasteiger partial charge on any atom is 0.407 e. The lowest BCUT2D eigenvalue weighted by molar-refractivity contribution is -0.148. The number of amides is 1. The number of carboxylic acids is 1. The predicted octanol–water partition coefficient (Wildman–Crippen LogP) is 2.36. The Balaban J connectivity index is 2.12. The van der Waals surface area contributed by atoms with Gasteiger partial charge in [0, 0.05) is 11.6 Å². The molecule has 2 N–H and O–H groups in total. The topological polar surface area (TPSA) is 75.6 Å². The minimum absolute atomic E-state index is 0.0289. The summed E-state index contributed by atoms with van der Waals surface area (Å²) in [5.74, 6) is -3.52. The number of halogens is 2. The van der Waals surface area contributed by atoms with E-state index in [1.165, 1.54) is 18.2 Å². The summed E-state index contributed by atoms with van der Waals surface area (Å²) in [7, 11) is 0. The number of aliphatic carboxylic acids is 1. The van der Waals surface area contributed by atoms with E-state index in [0.717, 1.165) is 6.07 Å². The third-order valence-electron chi connectivity index (χ3n) is 3.72. The third kappa shape index (κ3) is 2.79. The number of carboxylic acid groups (broad SMARTS) is 1. The van der Waals surface area contributed by atoms with Crippen molar-refractivity contribution in [2.75, 3.05) is 6.61 Å². The number of hydrogen-bond acceptors (Lipinski definition) is 3. The van der Waals surface area contributed by atoms with Crippen molar-refractivity contribution in [3.63, 3.8) is 0 Å². The molecule has 0 saturated heterocycles. The molecular formula is C15H15F2NO4. The lowest BCUT2D eigenvalue weighted by Crippen LogP contribution is -2.57. The van der Waals surface area contributed by atoms with Crippen molar-refractivity contribution in [2.45, 2.75) is 24.3 Å². The van der Waals surface area contributed by atoms with Gasteiger partial charge in [0.15, 0.2) is 11.6 Å². The molecule has 0 bridgehead atoms. The van der Waals surface area contributed by atoms with E-state index in [1.807, 2.05) is 0 Å². The third-order valence-corrected chi connectivity index (χ3v) is 3.72. The zero-order valence-corrected chi connectivity index (χ0v) is 11.6.